The topological polar surface area (TPSA) is 77.3 Å². The lowest BCUT2D eigenvalue weighted by atomic mass is 9.44. The standard InChI is InChI=1S/C52H84N2O4/c1-9-11-13-15-47(55)57-45-23-21-39-37-19-17-35-29-43(33(3)31-51(35,7)41(37)25-27-49(39,45)5)53-54-44-30-36-18-20-38-40-22-24-46(58-48(56)16-14-12-10-2)50(40,6)28-26-42(38)52(36,8)32-34(44)4/h33-42,45-46H,9-32H2,1-8H3/b53-43-,54-44+/t33-,34-,35+,36+,37+,38+,39+,40+,41+,42+,45+,46+,49+,50+,51+,52+/m1/s1. The van der Waals surface area contributed by atoms with Gasteiger partial charge in [-0.1, -0.05) is 81.1 Å². The van der Waals surface area contributed by atoms with Crippen molar-refractivity contribution in [3.63, 3.8) is 0 Å². The van der Waals surface area contributed by atoms with Crippen LogP contribution in [0.5, 0.6) is 0 Å². The van der Waals surface area contributed by atoms with Crippen molar-refractivity contribution in [3.8, 4) is 0 Å². The Balaban J connectivity index is 0.889. The molecule has 326 valence electrons. The SMILES string of the molecule is CCCCCC(=O)O[C@H]1CC[C@H]2[C@@H]3CC[C@H]4C/C(=N/N=C5\C[C@@H]6CC[C@@H]7[C@H](CC[C@]8(C)[C@@H](OC(=O)CCCCC)CC[C@@H]78)[C@@]6(C)C[C@H]5C)[C@H](C)C[C@]4(C)[C@H]3CC[C@]12C. The summed E-state index contributed by atoms with van der Waals surface area (Å²) in [6.07, 6.45) is 27.5. The minimum atomic E-state index is 0.0485. The van der Waals surface area contributed by atoms with Gasteiger partial charge >= 0.3 is 11.9 Å². The Morgan fingerprint density at radius 2 is 0.931 bits per heavy atom. The molecule has 0 radical (unpaired) electrons. The van der Waals surface area contributed by atoms with Crippen molar-refractivity contribution in [1.29, 1.82) is 0 Å². The quantitative estimate of drug-likeness (QED) is 0.118. The molecule has 0 aromatic heterocycles. The molecule has 0 N–H and O–H groups in total. The number of carbonyl (C=O) groups is 2. The Kier molecular flexibility index (Phi) is 12.5. The fourth-order valence-electron chi connectivity index (χ4n) is 17.0. The molecule has 8 saturated carbocycles. The summed E-state index contributed by atoms with van der Waals surface area (Å²) >= 11 is 0. The molecule has 0 aliphatic heterocycles. The number of unbranched alkanes of at least 4 members (excludes halogenated alkanes) is 4. The van der Waals surface area contributed by atoms with Crippen LogP contribution in [0.2, 0.25) is 0 Å². The normalized spacial score (nSPS) is 48.3. The zero-order valence-corrected chi connectivity index (χ0v) is 38.4. The summed E-state index contributed by atoms with van der Waals surface area (Å²) in [7, 11) is 0. The van der Waals surface area contributed by atoms with Crippen LogP contribution in [-0.2, 0) is 19.1 Å². The van der Waals surface area contributed by atoms with E-state index in [-0.39, 0.29) is 35.0 Å². The van der Waals surface area contributed by atoms with E-state index in [1.807, 2.05) is 0 Å². The molecule has 0 aromatic rings. The van der Waals surface area contributed by atoms with E-state index in [0.717, 1.165) is 87.9 Å². The maximum absolute atomic E-state index is 12.8. The molecule has 0 aromatic carbocycles. The molecule has 0 amide bonds. The second-order valence-electron chi connectivity index (χ2n) is 23.2. The largest absolute Gasteiger partial charge is 0.462 e. The minimum absolute atomic E-state index is 0.0485. The predicted molar refractivity (Wildman–Crippen MR) is 235 cm³/mol. The van der Waals surface area contributed by atoms with Crippen LogP contribution in [0.1, 0.15) is 209 Å². The highest BCUT2D eigenvalue weighted by Gasteiger charge is 2.63. The third kappa shape index (κ3) is 7.51. The highest BCUT2D eigenvalue weighted by Crippen LogP contribution is 2.68. The van der Waals surface area contributed by atoms with Crippen LogP contribution in [0, 0.1) is 80.8 Å². The van der Waals surface area contributed by atoms with Gasteiger partial charge in [-0.05, 0) is 186 Å². The molecule has 6 nitrogen and oxygen atoms in total. The fourth-order valence-corrected chi connectivity index (χ4v) is 17.0. The molecule has 0 unspecified atom stereocenters. The van der Waals surface area contributed by atoms with E-state index in [1.165, 1.54) is 88.5 Å². The van der Waals surface area contributed by atoms with Gasteiger partial charge in [-0.15, -0.1) is 0 Å². The third-order valence-electron chi connectivity index (χ3n) is 20.3. The first kappa shape index (κ1) is 42.9. The van der Waals surface area contributed by atoms with Crippen LogP contribution in [0.3, 0.4) is 0 Å². The van der Waals surface area contributed by atoms with Crippen molar-refractivity contribution in [2.45, 2.75) is 222 Å². The van der Waals surface area contributed by atoms with Crippen molar-refractivity contribution >= 4 is 23.4 Å². The highest BCUT2D eigenvalue weighted by atomic mass is 16.5. The van der Waals surface area contributed by atoms with E-state index in [1.54, 1.807) is 0 Å². The average Bonchev–Trinajstić information content (AvgIpc) is 3.69. The number of nitrogens with zero attached hydrogens (tertiary/aromatic N) is 2. The molecule has 8 aliphatic carbocycles. The summed E-state index contributed by atoms with van der Waals surface area (Å²) in [5.74, 6) is 6.98. The van der Waals surface area contributed by atoms with Crippen molar-refractivity contribution in [2.75, 3.05) is 0 Å². The van der Waals surface area contributed by atoms with E-state index in [2.05, 4.69) is 55.4 Å². The lowest BCUT2D eigenvalue weighted by Gasteiger charge is -2.61. The summed E-state index contributed by atoms with van der Waals surface area (Å²) in [5, 5.41) is 10.5. The molecule has 0 spiro atoms. The molecular weight excluding hydrogens is 717 g/mol. The van der Waals surface area contributed by atoms with Crippen molar-refractivity contribution in [3.05, 3.63) is 0 Å². The monoisotopic (exact) mass is 801 g/mol. The summed E-state index contributed by atoms with van der Waals surface area (Å²) < 4.78 is 12.6. The van der Waals surface area contributed by atoms with E-state index in [4.69, 9.17) is 19.7 Å². The molecule has 58 heavy (non-hydrogen) atoms. The molecule has 16 atom stereocenters. The molecule has 0 bridgehead atoms. The Bertz CT molecular complexity index is 1460. The summed E-state index contributed by atoms with van der Waals surface area (Å²) in [5.41, 5.74) is 3.80. The fraction of sp³-hybridized carbons (Fsp3) is 0.923. The van der Waals surface area contributed by atoms with E-state index in [9.17, 15) is 9.59 Å². The Hall–Kier alpha value is -1.72. The van der Waals surface area contributed by atoms with Gasteiger partial charge in [0.25, 0.3) is 0 Å². The lowest BCUT2D eigenvalue weighted by molar-refractivity contribution is -0.163. The van der Waals surface area contributed by atoms with Crippen LogP contribution in [0.4, 0.5) is 0 Å². The Morgan fingerprint density at radius 3 is 1.33 bits per heavy atom. The third-order valence-corrected chi connectivity index (χ3v) is 20.3. The van der Waals surface area contributed by atoms with Gasteiger partial charge in [0.2, 0.25) is 0 Å². The van der Waals surface area contributed by atoms with Crippen LogP contribution in [0.25, 0.3) is 0 Å². The zero-order chi connectivity index (χ0) is 41.0. The number of fused-ring (bicyclic) bond motifs is 10. The Morgan fingerprint density at radius 1 is 0.534 bits per heavy atom. The van der Waals surface area contributed by atoms with Crippen molar-refractivity contribution in [1.82, 2.24) is 0 Å². The first-order valence-corrected chi connectivity index (χ1v) is 25.3. The second kappa shape index (κ2) is 16.9. The number of carbonyl (C=O) groups excluding carboxylic acids is 2. The number of ether oxygens (including phenoxy) is 2. The molecule has 0 heterocycles. The predicted octanol–water partition coefficient (Wildman–Crippen LogP) is 13.3. The minimum Gasteiger partial charge on any atom is -0.462 e. The van der Waals surface area contributed by atoms with Crippen LogP contribution in [-0.4, -0.2) is 35.6 Å². The molecule has 8 rings (SSSR count). The Labute approximate surface area is 354 Å². The number of esters is 2. The molecule has 6 heteroatoms. The van der Waals surface area contributed by atoms with Gasteiger partial charge in [0.05, 0.1) is 0 Å². The maximum Gasteiger partial charge on any atom is 0.306 e. The van der Waals surface area contributed by atoms with Gasteiger partial charge in [-0.25, -0.2) is 0 Å². The van der Waals surface area contributed by atoms with Gasteiger partial charge in [0.1, 0.15) is 12.2 Å². The molecule has 0 saturated heterocycles. The second-order valence-corrected chi connectivity index (χ2v) is 23.2. The van der Waals surface area contributed by atoms with E-state index in [0.29, 0.717) is 59.2 Å². The first-order valence-electron chi connectivity index (χ1n) is 25.3. The van der Waals surface area contributed by atoms with E-state index >= 15 is 0 Å². The lowest BCUT2D eigenvalue weighted by Crippen LogP contribution is -2.55. The van der Waals surface area contributed by atoms with Gasteiger partial charge in [0, 0.05) is 35.1 Å². The van der Waals surface area contributed by atoms with Crippen LogP contribution < -0.4 is 0 Å². The highest BCUT2D eigenvalue weighted by molar-refractivity contribution is 5.91. The summed E-state index contributed by atoms with van der Waals surface area (Å²) in [4.78, 5) is 25.7. The van der Waals surface area contributed by atoms with Gasteiger partial charge < -0.3 is 9.47 Å². The number of rotatable bonds is 11. The number of hydrogen-bond acceptors (Lipinski definition) is 6. The van der Waals surface area contributed by atoms with Gasteiger partial charge in [-0.2, -0.15) is 10.2 Å². The number of hydrogen-bond donors (Lipinski definition) is 0. The molecule has 8 fully saturated rings. The average molecular weight is 801 g/mol. The van der Waals surface area contributed by atoms with Gasteiger partial charge in [-0.3, -0.25) is 9.59 Å². The molecular formula is C52H84N2O4. The first-order chi connectivity index (χ1) is 27.7. The van der Waals surface area contributed by atoms with Crippen molar-refractivity contribution in [2.24, 2.45) is 91.0 Å². The summed E-state index contributed by atoms with van der Waals surface area (Å²) in [6, 6.07) is 0. The maximum atomic E-state index is 12.8. The smallest absolute Gasteiger partial charge is 0.306 e. The van der Waals surface area contributed by atoms with Crippen LogP contribution in [0.15, 0.2) is 10.2 Å². The van der Waals surface area contributed by atoms with Gasteiger partial charge in [0.15, 0.2) is 0 Å². The summed E-state index contributed by atoms with van der Waals surface area (Å²) in [6.45, 7) is 19.6. The van der Waals surface area contributed by atoms with Crippen LogP contribution >= 0.6 is 0 Å². The zero-order valence-electron chi connectivity index (χ0n) is 38.4. The molecule has 8 aliphatic rings. The van der Waals surface area contributed by atoms with E-state index < -0.39 is 0 Å². The van der Waals surface area contributed by atoms with Crippen molar-refractivity contribution < 1.29 is 19.1 Å².